The molecule has 0 atom stereocenters. The molecule has 0 saturated heterocycles. The molecule has 31 heavy (non-hydrogen) atoms. The Balaban J connectivity index is 1.75. The van der Waals surface area contributed by atoms with Crippen molar-refractivity contribution in [2.45, 2.75) is 6.92 Å². The Bertz CT molecular complexity index is 1160. The molecule has 0 fully saturated rings. The van der Waals surface area contributed by atoms with Crippen molar-refractivity contribution in [1.29, 1.82) is 0 Å². The number of benzene rings is 4. The van der Waals surface area contributed by atoms with E-state index in [2.05, 4.69) is 145 Å². The highest BCUT2D eigenvalue weighted by atomic mass is 15.9. The van der Waals surface area contributed by atoms with Crippen LogP contribution in [0.15, 0.2) is 116 Å². The Hall–Kier alpha value is -3.98. The lowest BCUT2D eigenvalue weighted by Gasteiger charge is -2.38. The molecular formula is C28H25N3. The van der Waals surface area contributed by atoms with Crippen LogP contribution in [0.2, 0.25) is 0 Å². The number of hydrogen-bond acceptors (Lipinski definition) is 3. The predicted octanol–water partition coefficient (Wildman–Crippen LogP) is 6.89. The van der Waals surface area contributed by atoms with Gasteiger partial charge in [0.1, 0.15) is 0 Å². The molecule has 0 spiro atoms. The third-order valence-corrected chi connectivity index (χ3v) is 5.69. The van der Waals surface area contributed by atoms with Crippen molar-refractivity contribution < 1.29 is 0 Å². The molecule has 0 saturated carbocycles. The highest BCUT2D eigenvalue weighted by molar-refractivity contribution is 5.93. The van der Waals surface area contributed by atoms with Crippen LogP contribution in [0.5, 0.6) is 0 Å². The van der Waals surface area contributed by atoms with E-state index >= 15 is 0 Å². The molecule has 0 amide bonds. The fourth-order valence-corrected chi connectivity index (χ4v) is 4.17. The van der Waals surface area contributed by atoms with Gasteiger partial charge in [-0.1, -0.05) is 97.1 Å². The minimum atomic E-state index is 1.15. The molecule has 152 valence electrons. The third kappa shape index (κ3) is 3.44. The molecule has 5 rings (SSSR count). The second-order valence-corrected chi connectivity index (χ2v) is 7.73. The van der Waals surface area contributed by atoms with Crippen molar-refractivity contribution in [1.82, 2.24) is 5.01 Å². The van der Waals surface area contributed by atoms with Gasteiger partial charge in [0.2, 0.25) is 0 Å². The van der Waals surface area contributed by atoms with Crippen LogP contribution in [-0.4, -0.2) is 12.1 Å². The molecule has 3 heteroatoms. The molecule has 3 nitrogen and oxygen atoms in total. The summed E-state index contributed by atoms with van der Waals surface area (Å²) in [5.74, 6) is 0. The van der Waals surface area contributed by atoms with Gasteiger partial charge in [-0.25, -0.2) is 5.01 Å². The molecule has 4 aromatic carbocycles. The molecule has 0 unspecified atom stereocenters. The Morgan fingerprint density at radius 2 is 1.10 bits per heavy atom. The lowest BCUT2D eigenvalue weighted by atomic mass is 9.95. The predicted molar refractivity (Wildman–Crippen MR) is 130 cm³/mol. The normalized spacial score (nSPS) is 13.2. The van der Waals surface area contributed by atoms with Crippen molar-refractivity contribution in [3.05, 3.63) is 121 Å². The fraction of sp³-hybridized carbons (Fsp3) is 0.0714. The highest BCUT2D eigenvalue weighted by Crippen LogP contribution is 2.43. The summed E-state index contributed by atoms with van der Waals surface area (Å²) in [6.45, 7) is 2.15. The van der Waals surface area contributed by atoms with Crippen molar-refractivity contribution in [2.24, 2.45) is 0 Å². The van der Waals surface area contributed by atoms with Crippen LogP contribution >= 0.6 is 0 Å². The smallest absolute Gasteiger partial charge is 0.0848 e. The number of anilines is 2. The lowest BCUT2D eigenvalue weighted by molar-refractivity contribution is 0.442. The number of para-hydroxylation sites is 2. The maximum atomic E-state index is 2.26. The van der Waals surface area contributed by atoms with E-state index in [-0.39, 0.29) is 0 Å². The van der Waals surface area contributed by atoms with Gasteiger partial charge in [0.25, 0.3) is 0 Å². The van der Waals surface area contributed by atoms with Crippen molar-refractivity contribution in [2.75, 3.05) is 17.2 Å². The van der Waals surface area contributed by atoms with E-state index in [4.69, 9.17) is 0 Å². The molecule has 1 aliphatic heterocycles. The van der Waals surface area contributed by atoms with Gasteiger partial charge in [-0.2, -0.15) is 5.12 Å². The van der Waals surface area contributed by atoms with E-state index in [1.165, 1.54) is 27.8 Å². The molecule has 0 radical (unpaired) electrons. The Morgan fingerprint density at radius 1 is 0.548 bits per heavy atom. The monoisotopic (exact) mass is 403 g/mol. The summed E-state index contributed by atoms with van der Waals surface area (Å²) in [4.78, 5) is 0. The summed E-state index contributed by atoms with van der Waals surface area (Å²) >= 11 is 0. The van der Waals surface area contributed by atoms with E-state index in [0.717, 1.165) is 11.4 Å². The standard InChI is InChI=1S/C28H25N3/c1-22-12-9-10-19-27(22)31-29(2)20-21-30(31)28-25(23-13-5-3-6-14-23)17-11-18-26(28)24-15-7-4-8-16-24/h3-21H,1-2H3. The average Bonchev–Trinajstić information content (AvgIpc) is 3.21. The van der Waals surface area contributed by atoms with E-state index < -0.39 is 0 Å². The van der Waals surface area contributed by atoms with Gasteiger partial charge in [0.15, 0.2) is 0 Å². The molecule has 4 aromatic rings. The topological polar surface area (TPSA) is 9.72 Å². The van der Waals surface area contributed by atoms with Crippen LogP contribution < -0.4 is 10.1 Å². The Labute approximate surface area is 184 Å². The van der Waals surface area contributed by atoms with E-state index in [0.29, 0.717) is 0 Å². The SMILES string of the molecule is Cc1ccccc1N1N(C)C=CN1c1c(-c2ccccc2)cccc1-c1ccccc1. The number of aryl methyl sites for hydroxylation is 1. The number of nitrogens with zero attached hydrogens (tertiary/aromatic N) is 3. The zero-order valence-corrected chi connectivity index (χ0v) is 17.8. The van der Waals surface area contributed by atoms with Gasteiger partial charge in [-0.05, 0) is 29.7 Å². The number of hydrazine groups is 2. The zero-order chi connectivity index (χ0) is 21.2. The maximum Gasteiger partial charge on any atom is 0.0848 e. The Kier molecular flexibility index (Phi) is 4.93. The molecule has 0 aromatic heterocycles. The lowest BCUT2D eigenvalue weighted by Crippen LogP contribution is -2.43. The second-order valence-electron chi connectivity index (χ2n) is 7.73. The van der Waals surface area contributed by atoms with Crippen LogP contribution in [0.3, 0.4) is 0 Å². The summed E-state index contributed by atoms with van der Waals surface area (Å²) in [5, 5.41) is 6.61. The molecule has 1 heterocycles. The first-order valence-electron chi connectivity index (χ1n) is 10.5. The van der Waals surface area contributed by atoms with Crippen LogP contribution in [-0.2, 0) is 0 Å². The van der Waals surface area contributed by atoms with E-state index in [9.17, 15) is 0 Å². The molecule has 0 aliphatic carbocycles. The zero-order valence-electron chi connectivity index (χ0n) is 17.8. The first kappa shape index (κ1) is 19.0. The van der Waals surface area contributed by atoms with Crippen LogP contribution in [0.4, 0.5) is 11.4 Å². The van der Waals surface area contributed by atoms with Crippen molar-refractivity contribution >= 4 is 11.4 Å². The van der Waals surface area contributed by atoms with Gasteiger partial charge in [-0.15, -0.1) is 0 Å². The summed E-state index contributed by atoms with van der Waals surface area (Å²) in [5.41, 5.74) is 8.31. The third-order valence-electron chi connectivity index (χ3n) is 5.69. The Morgan fingerprint density at radius 3 is 1.68 bits per heavy atom. The quantitative estimate of drug-likeness (QED) is 0.367. The van der Waals surface area contributed by atoms with Gasteiger partial charge in [0.05, 0.1) is 11.4 Å². The first-order valence-corrected chi connectivity index (χ1v) is 10.5. The second kappa shape index (κ2) is 8.04. The minimum Gasteiger partial charge on any atom is -0.275 e. The molecular weight excluding hydrogens is 378 g/mol. The van der Waals surface area contributed by atoms with Crippen molar-refractivity contribution in [3.8, 4) is 22.3 Å². The highest BCUT2D eigenvalue weighted by Gasteiger charge is 2.28. The van der Waals surface area contributed by atoms with Gasteiger partial charge in [0, 0.05) is 30.6 Å². The number of rotatable bonds is 4. The summed E-state index contributed by atoms with van der Waals surface area (Å²) in [7, 11) is 2.08. The average molecular weight is 404 g/mol. The first-order chi connectivity index (χ1) is 15.2. The molecule has 0 bridgehead atoms. The van der Waals surface area contributed by atoms with Gasteiger partial charge < -0.3 is 0 Å². The maximum absolute atomic E-state index is 2.26. The summed E-state index contributed by atoms with van der Waals surface area (Å²) in [6.07, 6.45) is 4.24. The molecule has 1 aliphatic rings. The molecule has 0 N–H and O–H groups in total. The van der Waals surface area contributed by atoms with Gasteiger partial charge >= 0.3 is 0 Å². The van der Waals surface area contributed by atoms with E-state index in [1.807, 2.05) is 0 Å². The largest absolute Gasteiger partial charge is 0.275 e. The van der Waals surface area contributed by atoms with Crippen LogP contribution in [0, 0.1) is 6.92 Å². The van der Waals surface area contributed by atoms with Crippen LogP contribution in [0.1, 0.15) is 5.56 Å². The number of hydrogen-bond donors (Lipinski definition) is 0. The minimum absolute atomic E-state index is 1.15. The van der Waals surface area contributed by atoms with Crippen LogP contribution in [0.25, 0.3) is 22.3 Å². The van der Waals surface area contributed by atoms with Crippen molar-refractivity contribution in [3.63, 3.8) is 0 Å². The van der Waals surface area contributed by atoms with E-state index in [1.54, 1.807) is 0 Å². The summed E-state index contributed by atoms with van der Waals surface area (Å²) < 4.78 is 0. The van der Waals surface area contributed by atoms with Gasteiger partial charge in [-0.3, -0.25) is 5.01 Å². The summed E-state index contributed by atoms with van der Waals surface area (Å²) in [6, 6.07) is 36.3. The fourth-order valence-electron chi connectivity index (χ4n) is 4.17.